The molecule has 0 aliphatic carbocycles. The van der Waals surface area contributed by atoms with Gasteiger partial charge in [-0.2, -0.15) is 0 Å². The lowest BCUT2D eigenvalue weighted by Crippen LogP contribution is -2.35. The molecule has 1 atom stereocenters. The van der Waals surface area contributed by atoms with E-state index in [0.29, 0.717) is 0 Å². The lowest BCUT2D eigenvalue weighted by Gasteiger charge is -2.30. The molecule has 0 saturated carbocycles. The maximum Gasteiger partial charge on any atom is 0.130 e. The number of hydrogen-bond donors (Lipinski definition) is 1. The van der Waals surface area contributed by atoms with Gasteiger partial charge in [-0.1, -0.05) is 24.3 Å². The van der Waals surface area contributed by atoms with Crippen LogP contribution in [-0.4, -0.2) is 6.54 Å². The van der Waals surface area contributed by atoms with E-state index >= 15 is 0 Å². The first-order chi connectivity index (χ1) is 7.43. The van der Waals surface area contributed by atoms with Gasteiger partial charge < -0.3 is 5.32 Å². The molecule has 1 aliphatic rings. The van der Waals surface area contributed by atoms with E-state index in [1.165, 1.54) is 0 Å². The zero-order valence-electron chi connectivity index (χ0n) is 10.3. The molecule has 1 aliphatic heterocycles. The van der Waals surface area contributed by atoms with Crippen molar-refractivity contribution in [3.63, 3.8) is 0 Å². The standard InChI is InChI=1S/C14H20FN/c1-13(2,15)11-7-4-5-8-12(11)14(3)9-6-10-16-14/h4-5,7-8,16H,6,9-10H2,1-3H3. The fourth-order valence-electron chi connectivity index (χ4n) is 2.61. The van der Waals surface area contributed by atoms with Crippen LogP contribution in [-0.2, 0) is 11.2 Å². The average molecular weight is 221 g/mol. The summed E-state index contributed by atoms with van der Waals surface area (Å²) in [6.07, 6.45) is 2.25. The van der Waals surface area contributed by atoms with Gasteiger partial charge in [0.25, 0.3) is 0 Å². The third-order valence-corrected chi connectivity index (χ3v) is 3.53. The fraction of sp³-hybridized carbons (Fsp3) is 0.571. The summed E-state index contributed by atoms with van der Waals surface area (Å²) < 4.78 is 14.2. The molecule has 0 spiro atoms. The molecule has 2 heteroatoms. The Labute approximate surface area is 97.1 Å². The van der Waals surface area contributed by atoms with Gasteiger partial charge in [0.1, 0.15) is 5.67 Å². The van der Waals surface area contributed by atoms with Crippen LogP contribution in [0.15, 0.2) is 24.3 Å². The van der Waals surface area contributed by atoms with E-state index in [4.69, 9.17) is 0 Å². The van der Waals surface area contributed by atoms with Crippen LogP contribution in [0.5, 0.6) is 0 Å². The minimum atomic E-state index is -1.27. The van der Waals surface area contributed by atoms with Gasteiger partial charge in [0.15, 0.2) is 0 Å². The quantitative estimate of drug-likeness (QED) is 0.806. The first-order valence-electron chi connectivity index (χ1n) is 5.97. The number of alkyl halides is 1. The summed E-state index contributed by atoms with van der Waals surface area (Å²) >= 11 is 0. The molecule has 1 nitrogen and oxygen atoms in total. The second-order valence-electron chi connectivity index (χ2n) is 5.38. The maximum absolute atomic E-state index is 14.2. The number of rotatable bonds is 2. The van der Waals surface area contributed by atoms with Crippen molar-refractivity contribution in [3.05, 3.63) is 35.4 Å². The van der Waals surface area contributed by atoms with Crippen LogP contribution in [0, 0.1) is 0 Å². The predicted octanol–water partition coefficient (Wildman–Crippen LogP) is 3.49. The highest BCUT2D eigenvalue weighted by molar-refractivity contribution is 5.37. The van der Waals surface area contributed by atoms with Gasteiger partial charge >= 0.3 is 0 Å². The Kier molecular flexibility index (Phi) is 2.79. The molecule has 0 aromatic heterocycles. The molecule has 2 rings (SSSR count). The van der Waals surface area contributed by atoms with Crippen molar-refractivity contribution in [1.29, 1.82) is 0 Å². The number of halogens is 1. The summed E-state index contributed by atoms with van der Waals surface area (Å²) in [5.41, 5.74) is 0.594. The van der Waals surface area contributed by atoms with Crippen molar-refractivity contribution < 1.29 is 4.39 Å². The van der Waals surface area contributed by atoms with E-state index in [0.717, 1.165) is 30.5 Å². The zero-order chi connectivity index (χ0) is 11.8. The monoisotopic (exact) mass is 221 g/mol. The summed E-state index contributed by atoms with van der Waals surface area (Å²) in [6.45, 7) is 6.45. The molecule has 1 saturated heterocycles. The van der Waals surface area contributed by atoms with Crippen molar-refractivity contribution in [3.8, 4) is 0 Å². The normalized spacial score (nSPS) is 26.0. The van der Waals surface area contributed by atoms with Gasteiger partial charge in [-0.3, -0.25) is 0 Å². The molecule has 1 heterocycles. The minimum absolute atomic E-state index is 0.0556. The van der Waals surface area contributed by atoms with Crippen molar-refractivity contribution in [2.24, 2.45) is 0 Å². The second kappa shape index (κ2) is 3.85. The number of benzene rings is 1. The Morgan fingerprint density at radius 2 is 2.00 bits per heavy atom. The molecule has 1 aromatic carbocycles. The van der Waals surface area contributed by atoms with Gasteiger partial charge in [-0.25, -0.2) is 4.39 Å². The van der Waals surface area contributed by atoms with Crippen LogP contribution >= 0.6 is 0 Å². The minimum Gasteiger partial charge on any atom is -0.308 e. The van der Waals surface area contributed by atoms with Gasteiger partial charge in [0.05, 0.1) is 0 Å². The van der Waals surface area contributed by atoms with Crippen molar-refractivity contribution in [2.45, 2.75) is 44.8 Å². The molecule has 16 heavy (non-hydrogen) atoms. The zero-order valence-corrected chi connectivity index (χ0v) is 10.3. The van der Waals surface area contributed by atoms with Crippen molar-refractivity contribution >= 4 is 0 Å². The van der Waals surface area contributed by atoms with Crippen LogP contribution in [0.2, 0.25) is 0 Å². The summed E-state index contributed by atoms with van der Waals surface area (Å²) in [6, 6.07) is 7.86. The second-order valence-corrected chi connectivity index (χ2v) is 5.38. The van der Waals surface area contributed by atoms with Crippen molar-refractivity contribution in [1.82, 2.24) is 5.32 Å². The molecule has 1 unspecified atom stereocenters. The van der Waals surface area contributed by atoms with E-state index < -0.39 is 5.67 Å². The van der Waals surface area contributed by atoms with Gasteiger partial charge in [-0.15, -0.1) is 0 Å². The van der Waals surface area contributed by atoms with Crippen LogP contribution in [0.1, 0.15) is 44.7 Å². The summed E-state index contributed by atoms with van der Waals surface area (Å²) in [4.78, 5) is 0. The van der Waals surface area contributed by atoms with Crippen LogP contribution in [0.25, 0.3) is 0 Å². The van der Waals surface area contributed by atoms with Crippen LogP contribution in [0.4, 0.5) is 4.39 Å². The molecule has 1 N–H and O–H groups in total. The van der Waals surface area contributed by atoms with E-state index in [1.807, 2.05) is 18.2 Å². The molecule has 1 aromatic rings. The van der Waals surface area contributed by atoms with Crippen LogP contribution in [0.3, 0.4) is 0 Å². The Morgan fingerprint density at radius 3 is 2.56 bits per heavy atom. The maximum atomic E-state index is 14.2. The Hall–Kier alpha value is -0.890. The molecule has 0 radical (unpaired) electrons. The highest BCUT2D eigenvalue weighted by Gasteiger charge is 2.35. The number of hydrogen-bond acceptors (Lipinski definition) is 1. The third-order valence-electron chi connectivity index (χ3n) is 3.53. The first-order valence-corrected chi connectivity index (χ1v) is 5.97. The largest absolute Gasteiger partial charge is 0.308 e. The lowest BCUT2D eigenvalue weighted by molar-refractivity contribution is 0.215. The van der Waals surface area contributed by atoms with Gasteiger partial charge in [0, 0.05) is 5.54 Å². The Morgan fingerprint density at radius 1 is 1.31 bits per heavy atom. The van der Waals surface area contributed by atoms with E-state index in [1.54, 1.807) is 13.8 Å². The first kappa shape index (κ1) is 11.6. The number of nitrogens with one attached hydrogen (secondary N) is 1. The smallest absolute Gasteiger partial charge is 0.130 e. The topological polar surface area (TPSA) is 12.0 Å². The van der Waals surface area contributed by atoms with Gasteiger partial charge in [0.2, 0.25) is 0 Å². The molecule has 0 bridgehead atoms. The predicted molar refractivity (Wildman–Crippen MR) is 65.2 cm³/mol. The molecular weight excluding hydrogens is 201 g/mol. The summed E-state index contributed by atoms with van der Waals surface area (Å²) in [5, 5.41) is 3.50. The SMILES string of the molecule is CC(C)(F)c1ccccc1C1(C)CCCN1. The molecular formula is C14H20FN. The van der Waals surface area contributed by atoms with E-state index in [9.17, 15) is 4.39 Å². The molecule has 1 fully saturated rings. The molecule has 88 valence electrons. The highest BCUT2D eigenvalue weighted by atomic mass is 19.1. The van der Waals surface area contributed by atoms with E-state index in [-0.39, 0.29) is 5.54 Å². The Balaban J connectivity index is 2.48. The van der Waals surface area contributed by atoms with Gasteiger partial charge in [-0.05, 0) is 51.3 Å². The van der Waals surface area contributed by atoms with E-state index in [2.05, 4.69) is 18.3 Å². The summed E-state index contributed by atoms with van der Waals surface area (Å²) in [7, 11) is 0. The fourth-order valence-corrected chi connectivity index (χ4v) is 2.61. The average Bonchev–Trinajstić information content (AvgIpc) is 2.65. The highest BCUT2D eigenvalue weighted by Crippen LogP contribution is 2.37. The lowest BCUT2D eigenvalue weighted by atomic mass is 9.82. The van der Waals surface area contributed by atoms with Crippen LogP contribution < -0.4 is 5.32 Å². The molecule has 0 amide bonds. The third kappa shape index (κ3) is 1.99. The van der Waals surface area contributed by atoms with Crippen molar-refractivity contribution in [2.75, 3.05) is 6.54 Å². The Bertz CT molecular complexity index is 373. The summed E-state index contributed by atoms with van der Waals surface area (Å²) in [5.74, 6) is 0.